The minimum absolute atomic E-state index is 0.0140. The van der Waals surface area contributed by atoms with E-state index < -0.39 is 0 Å². The number of nitrogens with one attached hydrogen (secondary N) is 2. The molecule has 1 aromatic heterocycles. The van der Waals surface area contributed by atoms with Gasteiger partial charge in [-0.05, 0) is 25.0 Å². The van der Waals surface area contributed by atoms with E-state index in [1.54, 1.807) is 19.1 Å². The predicted molar refractivity (Wildman–Crippen MR) is 116 cm³/mol. The summed E-state index contributed by atoms with van der Waals surface area (Å²) in [5.41, 5.74) is 0.833. The summed E-state index contributed by atoms with van der Waals surface area (Å²) < 4.78 is 12.6. The van der Waals surface area contributed by atoms with Crippen LogP contribution < -0.4 is 20.3 Å². The van der Waals surface area contributed by atoms with Gasteiger partial charge in [0.25, 0.3) is 5.91 Å². The smallest absolute Gasteiger partial charge is 0.265 e. The maximum Gasteiger partial charge on any atom is 0.265 e. The molecule has 31 heavy (non-hydrogen) atoms. The Bertz CT molecular complexity index is 943. The number of carbonyl (C=O) groups is 1. The van der Waals surface area contributed by atoms with Crippen molar-refractivity contribution < 1.29 is 14.3 Å². The number of ether oxygens (including phenoxy) is 2. The standard InChI is InChI=1S/C21H29N7O3/c1-22-21(24-15-8-9-19-25-18(13-30-2)26-28(19)12-15)23-10-5-11-27-16-6-3-4-7-17(16)31-14-20(27)29/h3-4,6-7,15H,5,8-14H2,1-2H3,(H2,22,23,24). The molecule has 10 heteroatoms. The van der Waals surface area contributed by atoms with Crippen molar-refractivity contribution in [1.29, 1.82) is 0 Å². The van der Waals surface area contributed by atoms with E-state index in [2.05, 4.69) is 25.7 Å². The van der Waals surface area contributed by atoms with Gasteiger partial charge in [0.1, 0.15) is 18.2 Å². The summed E-state index contributed by atoms with van der Waals surface area (Å²) in [5.74, 6) is 3.22. The van der Waals surface area contributed by atoms with Crippen LogP contribution >= 0.6 is 0 Å². The topological polar surface area (TPSA) is 106 Å². The quantitative estimate of drug-likeness (QED) is 0.381. The van der Waals surface area contributed by atoms with Crippen molar-refractivity contribution >= 4 is 17.6 Å². The number of methoxy groups -OCH3 is 1. The Hall–Kier alpha value is -3.14. The second kappa shape index (κ2) is 9.78. The zero-order chi connectivity index (χ0) is 21.6. The molecule has 1 atom stereocenters. The number of para-hydroxylation sites is 2. The van der Waals surface area contributed by atoms with E-state index in [0.717, 1.165) is 54.9 Å². The van der Waals surface area contributed by atoms with E-state index in [-0.39, 0.29) is 18.6 Å². The van der Waals surface area contributed by atoms with Crippen molar-refractivity contribution in [2.24, 2.45) is 4.99 Å². The number of anilines is 1. The maximum absolute atomic E-state index is 12.3. The molecule has 10 nitrogen and oxygen atoms in total. The maximum atomic E-state index is 12.3. The number of guanidine groups is 1. The summed E-state index contributed by atoms with van der Waals surface area (Å²) in [6.45, 7) is 2.58. The highest BCUT2D eigenvalue weighted by molar-refractivity contribution is 5.97. The van der Waals surface area contributed by atoms with Crippen molar-refractivity contribution in [3.05, 3.63) is 35.9 Å². The molecule has 0 aliphatic carbocycles. The number of aliphatic imine (C=N–C) groups is 1. The molecule has 0 bridgehead atoms. The van der Waals surface area contributed by atoms with Crippen molar-refractivity contribution in [1.82, 2.24) is 25.4 Å². The lowest BCUT2D eigenvalue weighted by Gasteiger charge is -2.29. The second-order valence-corrected chi connectivity index (χ2v) is 7.59. The zero-order valence-electron chi connectivity index (χ0n) is 18.0. The number of carbonyl (C=O) groups excluding carboxylic acids is 1. The Labute approximate surface area is 181 Å². The van der Waals surface area contributed by atoms with Gasteiger partial charge in [0.05, 0.1) is 12.2 Å². The molecule has 1 aromatic carbocycles. The first-order valence-electron chi connectivity index (χ1n) is 10.6. The number of rotatable bonds is 7. The average Bonchev–Trinajstić information content (AvgIpc) is 3.19. The minimum atomic E-state index is -0.0140. The predicted octanol–water partition coefficient (Wildman–Crippen LogP) is 0.720. The Balaban J connectivity index is 1.25. The van der Waals surface area contributed by atoms with Crippen LogP contribution in [0.25, 0.3) is 0 Å². The second-order valence-electron chi connectivity index (χ2n) is 7.59. The third kappa shape index (κ3) is 4.96. The summed E-state index contributed by atoms with van der Waals surface area (Å²) >= 11 is 0. The van der Waals surface area contributed by atoms with Gasteiger partial charge in [-0.3, -0.25) is 9.79 Å². The molecule has 0 saturated heterocycles. The molecule has 166 valence electrons. The third-order valence-corrected chi connectivity index (χ3v) is 5.40. The number of hydrogen-bond acceptors (Lipinski definition) is 6. The van der Waals surface area contributed by atoms with Gasteiger partial charge in [-0.25, -0.2) is 9.67 Å². The number of benzene rings is 1. The molecule has 2 aliphatic rings. The first-order valence-corrected chi connectivity index (χ1v) is 10.6. The SMILES string of the molecule is CN=C(NCCCN1C(=O)COc2ccccc21)NC1CCc2nc(COC)nn2C1. The fraction of sp³-hybridized carbons (Fsp3) is 0.524. The molecule has 0 fully saturated rings. The van der Waals surface area contributed by atoms with Crippen molar-refractivity contribution in [2.75, 3.05) is 38.8 Å². The summed E-state index contributed by atoms with van der Waals surface area (Å²) in [5, 5.41) is 11.3. The Morgan fingerprint density at radius 1 is 1.39 bits per heavy atom. The van der Waals surface area contributed by atoms with Gasteiger partial charge >= 0.3 is 0 Å². The Morgan fingerprint density at radius 2 is 2.26 bits per heavy atom. The van der Waals surface area contributed by atoms with E-state index in [4.69, 9.17) is 9.47 Å². The Morgan fingerprint density at radius 3 is 3.10 bits per heavy atom. The van der Waals surface area contributed by atoms with Gasteiger partial charge < -0.3 is 25.0 Å². The van der Waals surface area contributed by atoms with Crippen molar-refractivity contribution in [2.45, 2.75) is 38.5 Å². The largest absolute Gasteiger partial charge is 0.482 e. The number of fused-ring (bicyclic) bond motifs is 2. The fourth-order valence-electron chi connectivity index (χ4n) is 3.90. The van der Waals surface area contributed by atoms with Crippen LogP contribution in [0.5, 0.6) is 5.75 Å². The van der Waals surface area contributed by atoms with Crippen molar-refractivity contribution in [3.8, 4) is 5.75 Å². The average molecular weight is 428 g/mol. The summed E-state index contributed by atoms with van der Waals surface area (Å²) in [7, 11) is 3.41. The summed E-state index contributed by atoms with van der Waals surface area (Å²) in [6, 6.07) is 7.86. The molecular formula is C21H29N7O3. The molecule has 4 rings (SSSR count). The van der Waals surface area contributed by atoms with Gasteiger partial charge in [-0.15, -0.1) is 0 Å². The highest BCUT2D eigenvalue weighted by Crippen LogP contribution is 2.31. The van der Waals surface area contributed by atoms with E-state index >= 15 is 0 Å². The van der Waals surface area contributed by atoms with Crippen LogP contribution in [0.4, 0.5) is 5.69 Å². The highest BCUT2D eigenvalue weighted by Gasteiger charge is 2.25. The van der Waals surface area contributed by atoms with E-state index in [9.17, 15) is 4.79 Å². The first kappa shape index (κ1) is 21.1. The molecule has 0 radical (unpaired) electrons. The minimum Gasteiger partial charge on any atom is -0.482 e. The van der Waals surface area contributed by atoms with Gasteiger partial charge in [0, 0.05) is 39.7 Å². The molecular weight excluding hydrogens is 398 g/mol. The number of nitrogens with zero attached hydrogens (tertiary/aromatic N) is 5. The lowest BCUT2D eigenvalue weighted by molar-refractivity contribution is -0.121. The molecule has 3 heterocycles. The lowest BCUT2D eigenvalue weighted by atomic mass is 10.1. The first-order chi connectivity index (χ1) is 15.2. The lowest BCUT2D eigenvalue weighted by Crippen LogP contribution is -2.47. The van der Waals surface area contributed by atoms with Gasteiger partial charge in [0.2, 0.25) is 0 Å². The van der Waals surface area contributed by atoms with Gasteiger partial charge in [0.15, 0.2) is 18.4 Å². The van der Waals surface area contributed by atoms with Crippen molar-refractivity contribution in [3.63, 3.8) is 0 Å². The van der Waals surface area contributed by atoms with Crippen LogP contribution in [0.1, 0.15) is 24.5 Å². The highest BCUT2D eigenvalue weighted by atomic mass is 16.5. The van der Waals surface area contributed by atoms with E-state index in [1.165, 1.54) is 0 Å². The van der Waals surface area contributed by atoms with E-state index in [1.807, 2.05) is 28.9 Å². The molecule has 2 aromatic rings. The fourth-order valence-corrected chi connectivity index (χ4v) is 3.90. The molecule has 2 N–H and O–H groups in total. The van der Waals surface area contributed by atoms with Gasteiger partial charge in [-0.2, -0.15) is 5.10 Å². The normalized spacial score (nSPS) is 18.3. The molecule has 1 amide bonds. The molecule has 0 spiro atoms. The van der Waals surface area contributed by atoms with Crippen LogP contribution in [0.3, 0.4) is 0 Å². The van der Waals surface area contributed by atoms with Crippen LogP contribution in [0, 0.1) is 0 Å². The third-order valence-electron chi connectivity index (χ3n) is 5.40. The zero-order valence-corrected chi connectivity index (χ0v) is 18.0. The summed E-state index contributed by atoms with van der Waals surface area (Å²) in [6.07, 6.45) is 2.62. The number of aromatic nitrogens is 3. The van der Waals surface area contributed by atoms with Gasteiger partial charge in [-0.1, -0.05) is 12.1 Å². The van der Waals surface area contributed by atoms with Crippen LogP contribution in [0.15, 0.2) is 29.3 Å². The summed E-state index contributed by atoms with van der Waals surface area (Å²) in [4.78, 5) is 22.9. The monoisotopic (exact) mass is 427 g/mol. The van der Waals surface area contributed by atoms with Crippen LogP contribution in [-0.2, 0) is 29.1 Å². The molecule has 0 saturated carbocycles. The number of hydrogen-bond donors (Lipinski definition) is 2. The van der Waals surface area contributed by atoms with Crippen LogP contribution in [0.2, 0.25) is 0 Å². The number of aryl methyl sites for hydroxylation is 1. The Kier molecular flexibility index (Phi) is 6.66. The number of amides is 1. The molecule has 2 aliphatic heterocycles. The van der Waals surface area contributed by atoms with Crippen LogP contribution in [-0.4, -0.2) is 66.5 Å². The molecule has 1 unspecified atom stereocenters. The van der Waals surface area contributed by atoms with E-state index in [0.29, 0.717) is 19.7 Å².